The molecular weight excluding hydrogens is 318 g/mol. The van der Waals surface area contributed by atoms with Gasteiger partial charge in [-0.15, -0.1) is 0 Å². The molecule has 0 aromatic heterocycles. The summed E-state index contributed by atoms with van der Waals surface area (Å²) in [4.78, 5) is 27.7. The number of piperidine rings is 1. The van der Waals surface area contributed by atoms with Crippen molar-refractivity contribution in [1.29, 1.82) is 0 Å². The van der Waals surface area contributed by atoms with Crippen molar-refractivity contribution >= 4 is 17.3 Å². The number of hydrogen-bond donors (Lipinski definition) is 0. The molecule has 0 N–H and O–H groups in total. The Morgan fingerprint density at radius 1 is 1.16 bits per heavy atom. The zero-order chi connectivity index (χ0) is 17.4. The van der Waals surface area contributed by atoms with Crippen molar-refractivity contribution in [1.82, 2.24) is 4.90 Å². The molecular formula is C19H25N3O3. The van der Waals surface area contributed by atoms with Gasteiger partial charge in [-0.25, -0.2) is 0 Å². The molecule has 0 bridgehead atoms. The van der Waals surface area contributed by atoms with E-state index in [1.807, 2.05) is 0 Å². The molecule has 6 nitrogen and oxygen atoms in total. The number of likely N-dealkylation sites (tertiary alicyclic amines) is 1. The Labute approximate surface area is 147 Å². The summed E-state index contributed by atoms with van der Waals surface area (Å²) in [5.74, 6) is 0.840. The predicted molar refractivity (Wildman–Crippen MR) is 95.7 cm³/mol. The SMILES string of the molecule is O=C(CN1CCC[C@H]2CCCC[C@H]21)N1CCc2ccc([N+](=O)[O-])cc21. The van der Waals surface area contributed by atoms with Gasteiger partial charge in [0.15, 0.2) is 0 Å². The average molecular weight is 343 g/mol. The van der Waals surface area contributed by atoms with Gasteiger partial charge in [0.1, 0.15) is 0 Å². The van der Waals surface area contributed by atoms with Crippen LogP contribution in [0, 0.1) is 16.0 Å². The second kappa shape index (κ2) is 6.75. The molecule has 1 aromatic carbocycles. The summed E-state index contributed by atoms with van der Waals surface area (Å²) in [6.07, 6.45) is 8.36. The maximum Gasteiger partial charge on any atom is 0.271 e. The average Bonchev–Trinajstić information content (AvgIpc) is 3.05. The number of benzene rings is 1. The Hall–Kier alpha value is -1.95. The van der Waals surface area contributed by atoms with Crippen molar-refractivity contribution < 1.29 is 9.72 Å². The molecule has 0 spiro atoms. The van der Waals surface area contributed by atoms with E-state index in [0.29, 0.717) is 19.1 Å². The summed E-state index contributed by atoms with van der Waals surface area (Å²) in [6.45, 7) is 2.09. The van der Waals surface area contributed by atoms with E-state index in [-0.39, 0.29) is 11.6 Å². The fourth-order valence-electron chi connectivity index (χ4n) is 4.92. The molecule has 6 heteroatoms. The van der Waals surface area contributed by atoms with Crippen molar-refractivity contribution in [3.63, 3.8) is 0 Å². The molecule has 2 atom stereocenters. The van der Waals surface area contributed by atoms with E-state index in [4.69, 9.17) is 0 Å². The smallest absolute Gasteiger partial charge is 0.271 e. The highest BCUT2D eigenvalue weighted by Crippen LogP contribution is 2.36. The van der Waals surface area contributed by atoms with Crippen LogP contribution in [0.3, 0.4) is 0 Å². The number of amides is 1. The second-order valence-electron chi connectivity index (χ2n) is 7.59. The molecule has 134 valence electrons. The standard InChI is InChI=1S/C19H25N3O3/c23-19(13-20-10-3-5-14-4-1-2-6-17(14)20)21-11-9-15-7-8-16(22(24)25)12-18(15)21/h7-8,12,14,17H,1-6,9-11,13H2/t14-,17-/m1/s1. The first-order valence-corrected chi connectivity index (χ1v) is 9.45. The highest BCUT2D eigenvalue weighted by molar-refractivity contribution is 5.97. The predicted octanol–water partition coefficient (Wildman–Crippen LogP) is 3.14. The number of nitro groups is 1. The molecule has 4 rings (SSSR count). The quantitative estimate of drug-likeness (QED) is 0.625. The van der Waals surface area contributed by atoms with Gasteiger partial charge in [-0.1, -0.05) is 18.9 Å². The molecule has 1 amide bonds. The monoisotopic (exact) mass is 343 g/mol. The lowest BCUT2D eigenvalue weighted by atomic mass is 9.78. The Kier molecular flexibility index (Phi) is 4.46. The lowest BCUT2D eigenvalue weighted by molar-refractivity contribution is -0.384. The third-order valence-electron chi connectivity index (χ3n) is 6.17. The molecule has 2 aliphatic heterocycles. The van der Waals surface area contributed by atoms with Crippen molar-refractivity contribution in [2.75, 3.05) is 24.5 Å². The van der Waals surface area contributed by atoms with Crippen LogP contribution in [0.15, 0.2) is 18.2 Å². The molecule has 3 aliphatic rings. The minimum absolute atomic E-state index is 0.0590. The zero-order valence-electron chi connectivity index (χ0n) is 14.5. The van der Waals surface area contributed by atoms with Gasteiger partial charge >= 0.3 is 0 Å². The van der Waals surface area contributed by atoms with Crippen LogP contribution in [-0.2, 0) is 11.2 Å². The minimum atomic E-state index is -0.390. The van der Waals surface area contributed by atoms with Crippen LogP contribution in [0.2, 0.25) is 0 Å². The second-order valence-corrected chi connectivity index (χ2v) is 7.59. The van der Waals surface area contributed by atoms with Crippen LogP contribution in [-0.4, -0.2) is 41.4 Å². The van der Waals surface area contributed by atoms with E-state index < -0.39 is 4.92 Å². The Bertz CT molecular complexity index is 688. The van der Waals surface area contributed by atoms with E-state index >= 15 is 0 Å². The summed E-state index contributed by atoms with van der Waals surface area (Å²) in [5.41, 5.74) is 1.83. The Morgan fingerprint density at radius 3 is 2.80 bits per heavy atom. The fraction of sp³-hybridized carbons (Fsp3) is 0.632. The fourth-order valence-corrected chi connectivity index (χ4v) is 4.92. The van der Waals surface area contributed by atoms with Gasteiger partial charge in [-0.2, -0.15) is 0 Å². The maximum atomic E-state index is 12.9. The molecule has 2 heterocycles. The maximum absolute atomic E-state index is 12.9. The van der Waals surface area contributed by atoms with E-state index in [1.54, 1.807) is 17.0 Å². The van der Waals surface area contributed by atoms with Crippen molar-refractivity contribution in [2.45, 2.75) is 51.0 Å². The lowest BCUT2D eigenvalue weighted by Gasteiger charge is -2.44. The summed E-state index contributed by atoms with van der Waals surface area (Å²) in [5, 5.41) is 11.0. The number of non-ortho nitro benzene ring substituents is 1. The van der Waals surface area contributed by atoms with Crippen LogP contribution < -0.4 is 4.90 Å². The number of carbonyl (C=O) groups excluding carboxylic acids is 1. The van der Waals surface area contributed by atoms with Gasteiger partial charge in [0.25, 0.3) is 5.69 Å². The summed E-state index contributed by atoms with van der Waals surface area (Å²) >= 11 is 0. The van der Waals surface area contributed by atoms with E-state index in [1.165, 1.54) is 44.6 Å². The summed E-state index contributed by atoms with van der Waals surface area (Å²) in [7, 11) is 0. The highest BCUT2D eigenvalue weighted by atomic mass is 16.6. The van der Waals surface area contributed by atoms with Gasteiger partial charge in [-0.05, 0) is 50.1 Å². The number of rotatable bonds is 3. The van der Waals surface area contributed by atoms with Crippen LogP contribution in [0.25, 0.3) is 0 Å². The first-order valence-electron chi connectivity index (χ1n) is 9.45. The van der Waals surface area contributed by atoms with Gasteiger partial charge in [0.2, 0.25) is 5.91 Å². The van der Waals surface area contributed by atoms with E-state index in [9.17, 15) is 14.9 Å². The molecule has 0 radical (unpaired) electrons. The number of fused-ring (bicyclic) bond motifs is 2. The molecule has 1 saturated carbocycles. The van der Waals surface area contributed by atoms with E-state index in [0.717, 1.165) is 30.1 Å². The van der Waals surface area contributed by atoms with E-state index in [2.05, 4.69) is 4.90 Å². The van der Waals surface area contributed by atoms with Gasteiger partial charge in [-0.3, -0.25) is 19.8 Å². The van der Waals surface area contributed by atoms with Crippen LogP contribution in [0.1, 0.15) is 44.1 Å². The third kappa shape index (κ3) is 3.15. The first kappa shape index (κ1) is 16.5. The number of nitro benzene ring substituents is 1. The van der Waals surface area contributed by atoms with Gasteiger partial charge in [0, 0.05) is 24.7 Å². The van der Waals surface area contributed by atoms with Crippen LogP contribution >= 0.6 is 0 Å². The summed E-state index contributed by atoms with van der Waals surface area (Å²) < 4.78 is 0. The molecule has 25 heavy (non-hydrogen) atoms. The molecule has 2 fully saturated rings. The third-order valence-corrected chi connectivity index (χ3v) is 6.17. The van der Waals surface area contributed by atoms with Crippen LogP contribution in [0.4, 0.5) is 11.4 Å². The van der Waals surface area contributed by atoms with Gasteiger partial charge in [0.05, 0.1) is 17.2 Å². The summed E-state index contributed by atoms with van der Waals surface area (Å²) in [6, 6.07) is 5.43. The number of nitrogens with zero attached hydrogens (tertiary/aromatic N) is 3. The molecule has 1 saturated heterocycles. The lowest BCUT2D eigenvalue weighted by Crippen LogP contribution is -2.51. The van der Waals surface area contributed by atoms with Crippen molar-refractivity contribution in [2.24, 2.45) is 5.92 Å². The normalized spacial score (nSPS) is 26.2. The zero-order valence-corrected chi connectivity index (χ0v) is 14.5. The van der Waals surface area contributed by atoms with Crippen molar-refractivity contribution in [3.8, 4) is 0 Å². The molecule has 1 aliphatic carbocycles. The van der Waals surface area contributed by atoms with Gasteiger partial charge < -0.3 is 4.90 Å². The molecule has 1 aromatic rings. The van der Waals surface area contributed by atoms with Crippen LogP contribution in [0.5, 0.6) is 0 Å². The topological polar surface area (TPSA) is 66.7 Å². The number of anilines is 1. The first-order chi connectivity index (χ1) is 12.1. The largest absolute Gasteiger partial charge is 0.310 e. The molecule has 0 unspecified atom stereocenters. The Balaban J connectivity index is 1.49. The Morgan fingerprint density at radius 2 is 1.96 bits per heavy atom. The number of hydrogen-bond acceptors (Lipinski definition) is 4. The van der Waals surface area contributed by atoms with Crippen molar-refractivity contribution in [3.05, 3.63) is 33.9 Å². The highest BCUT2D eigenvalue weighted by Gasteiger charge is 2.35. The minimum Gasteiger partial charge on any atom is -0.310 e. The number of carbonyl (C=O) groups is 1.